The standard InChI is InChI=1S/C32H35NO8/c1-21(34)41-30-26-31(40-20-24-15-9-4-10-16-24)29(39-19-23-13-7-3-8-14-23)25(38-18-22-11-5-2-6-12-22)17-33(26)32(37)28(36)27(30)35/h2-16,25-31,35-36H,17-20H2,1H3/t25-,26+,27+,28-,29+,30+,31+/m1/s1. The Labute approximate surface area is 239 Å². The number of esters is 1. The lowest BCUT2D eigenvalue weighted by molar-refractivity contribution is -0.246. The zero-order valence-corrected chi connectivity index (χ0v) is 22.8. The number of carbonyl (C=O) groups excluding carboxylic acids is 2. The van der Waals surface area contributed by atoms with Crippen LogP contribution >= 0.6 is 0 Å². The molecule has 2 fully saturated rings. The lowest BCUT2D eigenvalue weighted by atomic mass is 9.82. The van der Waals surface area contributed by atoms with Crippen molar-refractivity contribution in [2.45, 2.75) is 69.4 Å². The van der Waals surface area contributed by atoms with Crippen molar-refractivity contribution in [1.29, 1.82) is 0 Å². The SMILES string of the molecule is CC(=O)O[C@@H]1[C@@H](O)[C@@H](O)C(=O)N2C[C@@H](OCc3ccccc3)[C@H](OCc3ccccc3)[C@@H](OCc3ccccc3)[C@H]12. The number of ether oxygens (including phenoxy) is 4. The molecule has 0 saturated carbocycles. The molecule has 2 heterocycles. The van der Waals surface area contributed by atoms with Gasteiger partial charge in [-0.15, -0.1) is 0 Å². The van der Waals surface area contributed by atoms with Gasteiger partial charge in [-0.2, -0.15) is 0 Å². The highest BCUT2D eigenvalue weighted by Crippen LogP contribution is 2.36. The zero-order valence-electron chi connectivity index (χ0n) is 22.8. The molecule has 9 heteroatoms. The van der Waals surface area contributed by atoms with Gasteiger partial charge in [-0.3, -0.25) is 9.59 Å². The first-order valence-electron chi connectivity index (χ1n) is 13.7. The van der Waals surface area contributed by atoms with Crippen LogP contribution in [0.2, 0.25) is 0 Å². The third-order valence-electron chi connectivity index (χ3n) is 7.48. The van der Waals surface area contributed by atoms with E-state index in [1.807, 2.05) is 91.0 Å². The highest BCUT2D eigenvalue weighted by Gasteiger charge is 2.58. The van der Waals surface area contributed by atoms with E-state index in [9.17, 15) is 19.8 Å². The minimum atomic E-state index is -1.76. The van der Waals surface area contributed by atoms with Gasteiger partial charge in [-0.1, -0.05) is 91.0 Å². The maximum absolute atomic E-state index is 13.4. The normalized spacial score (nSPS) is 27.7. The number of hydrogen-bond acceptors (Lipinski definition) is 8. The molecule has 7 atom stereocenters. The van der Waals surface area contributed by atoms with Crippen LogP contribution in [0.25, 0.3) is 0 Å². The molecule has 1 amide bonds. The van der Waals surface area contributed by atoms with Crippen LogP contribution in [-0.4, -0.2) is 76.2 Å². The molecule has 2 aliphatic rings. The van der Waals surface area contributed by atoms with Gasteiger partial charge in [0.15, 0.2) is 12.2 Å². The molecule has 3 aromatic rings. The van der Waals surface area contributed by atoms with E-state index in [0.717, 1.165) is 16.7 Å². The highest BCUT2D eigenvalue weighted by atomic mass is 16.6. The minimum Gasteiger partial charge on any atom is -0.457 e. The number of carbonyl (C=O) groups is 2. The molecule has 3 aromatic carbocycles. The van der Waals surface area contributed by atoms with Crippen molar-refractivity contribution in [2.24, 2.45) is 0 Å². The number of nitrogens with zero attached hydrogens (tertiary/aromatic N) is 1. The quantitative estimate of drug-likeness (QED) is 0.363. The summed E-state index contributed by atoms with van der Waals surface area (Å²) in [4.78, 5) is 26.9. The zero-order chi connectivity index (χ0) is 28.8. The summed E-state index contributed by atoms with van der Waals surface area (Å²) in [6, 6.07) is 27.9. The Balaban J connectivity index is 1.50. The maximum atomic E-state index is 13.4. The van der Waals surface area contributed by atoms with Gasteiger partial charge in [0.25, 0.3) is 5.91 Å². The highest BCUT2D eigenvalue weighted by molar-refractivity contribution is 5.83. The fraction of sp³-hybridized carbons (Fsp3) is 0.375. The van der Waals surface area contributed by atoms with Crippen molar-refractivity contribution < 1.29 is 38.7 Å². The van der Waals surface area contributed by atoms with Crippen LogP contribution in [-0.2, 0) is 48.4 Å². The second-order valence-electron chi connectivity index (χ2n) is 10.3. The second-order valence-corrected chi connectivity index (χ2v) is 10.3. The molecule has 0 aromatic heterocycles. The summed E-state index contributed by atoms with van der Waals surface area (Å²) in [6.45, 7) is 1.94. The molecule has 0 spiro atoms. The van der Waals surface area contributed by atoms with Crippen molar-refractivity contribution in [2.75, 3.05) is 6.54 Å². The van der Waals surface area contributed by atoms with Gasteiger partial charge in [0, 0.05) is 6.92 Å². The molecular weight excluding hydrogens is 526 g/mol. The van der Waals surface area contributed by atoms with Crippen LogP contribution < -0.4 is 0 Å². The largest absolute Gasteiger partial charge is 0.457 e. The van der Waals surface area contributed by atoms with Crippen molar-refractivity contribution in [3.05, 3.63) is 108 Å². The van der Waals surface area contributed by atoms with E-state index in [-0.39, 0.29) is 26.4 Å². The Hall–Kier alpha value is -3.60. The predicted octanol–water partition coefficient (Wildman–Crippen LogP) is 2.62. The molecule has 41 heavy (non-hydrogen) atoms. The summed E-state index contributed by atoms with van der Waals surface area (Å²) >= 11 is 0. The monoisotopic (exact) mass is 561 g/mol. The lowest BCUT2D eigenvalue weighted by Crippen LogP contribution is -2.75. The van der Waals surface area contributed by atoms with Crippen LogP contribution in [0.5, 0.6) is 0 Å². The van der Waals surface area contributed by atoms with E-state index in [1.165, 1.54) is 11.8 Å². The van der Waals surface area contributed by atoms with Crippen LogP contribution in [0.3, 0.4) is 0 Å². The first kappa shape index (κ1) is 28.9. The van der Waals surface area contributed by atoms with E-state index in [4.69, 9.17) is 18.9 Å². The molecule has 2 saturated heterocycles. The summed E-state index contributed by atoms with van der Waals surface area (Å²) in [5, 5.41) is 21.5. The second kappa shape index (κ2) is 13.4. The first-order valence-corrected chi connectivity index (χ1v) is 13.7. The van der Waals surface area contributed by atoms with Crippen LogP contribution in [0.1, 0.15) is 23.6 Å². The van der Waals surface area contributed by atoms with Gasteiger partial charge in [0.05, 0.1) is 26.4 Å². The molecule has 0 unspecified atom stereocenters. The average molecular weight is 562 g/mol. The molecule has 0 aliphatic carbocycles. The van der Waals surface area contributed by atoms with Gasteiger partial charge in [-0.05, 0) is 16.7 Å². The van der Waals surface area contributed by atoms with E-state index in [1.54, 1.807) is 0 Å². The van der Waals surface area contributed by atoms with Crippen molar-refractivity contribution in [1.82, 2.24) is 4.90 Å². The fourth-order valence-corrected chi connectivity index (χ4v) is 5.49. The summed E-state index contributed by atoms with van der Waals surface area (Å²) < 4.78 is 24.9. The number of fused-ring (bicyclic) bond motifs is 1. The topological polar surface area (TPSA) is 115 Å². The summed E-state index contributed by atoms with van der Waals surface area (Å²) in [7, 11) is 0. The molecule has 2 aliphatic heterocycles. The number of aliphatic hydroxyl groups is 2. The summed E-state index contributed by atoms with van der Waals surface area (Å²) in [5.41, 5.74) is 2.77. The molecule has 2 N–H and O–H groups in total. The Kier molecular flexibility index (Phi) is 9.43. The van der Waals surface area contributed by atoms with Gasteiger partial charge in [-0.25, -0.2) is 0 Å². The number of benzene rings is 3. The minimum absolute atomic E-state index is 0.0442. The Morgan fingerprint density at radius 1 is 0.732 bits per heavy atom. The fourth-order valence-electron chi connectivity index (χ4n) is 5.49. The number of aliphatic hydroxyl groups excluding tert-OH is 2. The number of hydrogen-bond donors (Lipinski definition) is 2. The van der Waals surface area contributed by atoms with E-state index < -0.39 is 54.5 Å². The van der Waals surface area contributed by atoms with Crippen LogP contribution in [0.4, 0.5) is 0 Å². The van der Waals surface area contributed by atoms with Gasteiger partial charge >= 0.3 is 5.97 Å². The molecule has 216 valence electrons. The Morgan fingerprint density at radius 3 is 1.68 bits per heavy atom. The molecule has 9 nitrogen and oxygen atoms in total. The number of rotatable bonds is 10. The average Bonchev–Trinajstić information content (AvgIpc) is 3.00. The first-order chi connectivity index (χ1) is 19.9. The summed E-state index contributed by atoms with van der Waals surface area (Å²) in [6.07, 6.45) is -6.87. The third-order valence-corrected chi connectivity index (χ3v) is 7.48. The van der Waals surface area contributed by atoms with E-state index in [2.05, 4.69) is 0 Å². The Bertz CT molecular complexity index is 1270. The van der Waals surface area contributed by atoms with Crippen LogP contribution in [0, 0.1) is 0 Å². The van der Waals surface area contributed by atoms with Crippen molar-refractivity contribution in [3.8, 4) is 0 Å². The van der Waals surface area contributed by atoms with E-state index >= 15 is 0 Å². The maximum Gasteiger partial charge on any atom is 0.303 e. The molecular formula is C32H35NO8. The van der Waals surface area contributed by atoms with Crippen molar-refractivity contribution in [3.63, 3.8) is 0 Å². The number of piperidine rings is 2. The Morgan fingerprint density at radius 2 is 1.20 bits per heavy atom. The third kappa shape index (κ3) is 6.83. The molecule has 5 rings (SSSR count). The van der Waals surface area contributed by atoms with E-state index in [0.29, 0.717) is 0 Å². The number of amides is 1. The molecule has 0 radical (unpaired) electrons. The van der Waals surface area contributed by atoms with Crippen LogP contribution in [0.15, 0.2) is 91.0 Å². The lowest BCUT2D eigenvalue weighted by Gasteiger charge is -2.54. The predicted molar refractivity (Wildman–Crippen MR) is 148 cm³/mol. The summed E-state index contributed by atoms with van der Waals surface area (Å²) in [5.74, 6) is -1.34. The van der Waals surface area contributed by atoms with Gasteiger partial charge in [0.2, 0.25) is 0 Å². The van der Waals surface area contributed by atoms with Gasteiger partial charge < -0.3 is 34.1 Å². The smallest absolute Gasteiger partial charge is 0.303 e. The molecule has 0 bridgehead atoms. The van der Waals surface area contributed by atoms with Gasteiger partial charge in [0.1, 0.15) is 30.5 Å². The van der Waals surface area contributed by atoms with Crippen molar-refractivity contribution >= 4 is 11.9 Å².